The highest BCUT2D eigenvalue weighted by atomic mass is 32.2. The second-order valence-electron chi connectivity index (χ2n) is 8.48. The van der Waals surface area contributed by atoms with Crippen molar-refractivity contribution in [3.63, 3.8) is 0 Å². The summed E-state index contributed by atoms with van der Waals surface area (Å²) in [7, 11) is 4.54. The normalized spacial score (nSPS) is 25.8. The molecule has 2 aliphatic carbocycles. The van der Waals surface area contributed by atoms with Gasteiger partial charge in [0.1, 0.15) is 0 Å². The molecule has 2 saturated carbocycles. The zero-order valence-corrected chi connectivity index (χ0v) is 20.4. The third-order valence-corrected chi connectivity index (χ3v) is 10.8. The van der Waals surface area contributed by atoms with Crippen LogP contribution >= 0.6 is 23.5 Å². The summed E-state index contributed by atoms with van der Waals surface area (Å²) in [6.07, 6.45) is 5.41. The first kappa shape index (κ1) is 23.4. The molecule has 1 saturated heterocycles. The maximum absolute atomic E-state index is 12.8. The van der Waals surface area contributed by atoms with Gasteiger partial charge in [-0.15, -0.1) is 23.5 Å². The Morgan fingerprint density at radius 1 is 1.00 bits per heavy atom. The minimum atomic E-state index is -0.401. The molecule has 176 valence electrons. The lowest BCUT2D eigenvalue weighted by Crippen LogP contribution is -2.48. The molecule has 2 unspecified atom stereocenters. The fraction of sp³-hybridized carbons (Fsp3) is 0.652. The lowest BCUT2D eigenvalue weighted by atomic mass is 9.67. The van der Waals surface area contributed by atoms with E-state index < -0.39 is 5.91 Å². The maximum atomic E-state index is 12.8. The van der Waals surface area contributed by atoms with Crippen LogP contribution in [0.5, 0.6) is 17.2 Å². The van der Waals surface area contributed by atoms with Crippen molar-refractivity contribution in [2.24, 2.45) is 17.8 Å². The van der Waals surface area contributed by atoms with Crippen LogP contribution in [-0.4, -0.2) is 55.4 Å². The molecule has 1 aliphatic heterocycles. The van der Waals surface area contributed by atoms with Crippen molar-refractivity contribution < 1.29 is 28.5 Å². The molecule has 4 rings (SSSR count). The van der Waals surface area contributed by atoms with Crippen LogP contribution < -0.4 is 19.5 Å². The molecule has 1 aromatic rings. The van der Waals surface area contributed by atoms with E-state index in [9.17, 15) is 9.59 Å². The average Bonchev–Trinajstić information content (AvgIpc) is 3.26. The number of esters is 1. The summed E-state index contributed by atoms with van der Waals surface area (Å²) in [6.45, 7) is -0.310. The molecule has 0 radical (unpaired) electrons. The van der Waals surface area contributed by atoms with Crippen LogP contribution in [0.3, 0.4) is 0 Å². The molecule has 3 aliphatic rings. The van der Waals surface area contributed by atoms with Crippen LogP contribution in [0.1, 0.15) is 32.1 Å². The van der Waals surface area contributed by atoms with Crippen LogP contribution in [0.15, 0.2) is 12.1 Å². The van der Waals surface area contributed by atoms with Crippen molar-refractivity contribution in [2.75, 3.05) is 44.8 Å². The van der Waals surface area contributed by atoms with Crippen molar-refractivity contribution >= 4 is 41.1 Å². The van der Waals surface area contributed by atoms with E-state index in [2.05, 4.69) is 28.8 Å². The monoisotopic (exact) mass is 481 g/mol. The number of rotatable bonds is 7. The standard InChI is InChI=1S/C23H31NO6S2/c1-27-18-11-17(12-19(28-2)21(18)29-3)24-20(25)13-30-22(26)14-9-15-5-4-6-16(10-14)23(15)31-7-8-32-23/h11-12,14-16H,4-10,13H2,1-3H3,(H,24,25). The summed E-state index contributed by atoms with van der Waals surface area (Å²) in [5.41, 5.74) is 0.477. The fourth-order valence-corrected chi connectivity index (χ4v) is 9.34. The number of hydrogen-bond donors (Lipinski definition) is 1. The third kappa shape index (κ3) is 4.51. The Balaban J connectivity index is 1.33. The number of benzene rings is 1. The number of carbonyl (C=O) groups excluding carboxylic acids is 2. The highest BCUT2D eigenvalue weighted by molar-refractivity contribution is 8.21. The molecule has 1 spiro atoms. The van der Waals surface area contributed by atoms with E-state index in [4.69, 9.17) is 18.9 Å². The molecule has 0 aromatic heterocycles. The van der Waals surface area contributed by atoms with Gasteiger partial charge >= 0.3 is 5.97 Å². The Morgan fingerprint density at radius 3 is 2.12 bits per heavy atom. The number of methoxy groups -OCH3 is 3. The maximum Gasteiger partial charge on any atom is 0.309 e. The van der Waals surface area contributed by atoms with Gasteiger partial charge in [0, 0.05) is 29.3 Å². The molecule has 3 fully saturated rings. The second kappa shape index (κ2) is 10.0. The van der Waals surface area contributed by atoms with Crippen molar-refractivity contribution in [3.05, 3.63) is 12.1 Å². The zero-order chi connectivity index (χ0) is 22.7. The number of thioether (sulfide) groups is 2. The smallest absolute Gasteiger partial charge is 0.309 e. The quantitative estimate of drug-likeness (QED) is 0.581. The molecule has 1 N–H and O–H groups in total. The summed E-state index contributed by atoms with van der Waals surface area (Å²) >= 11 is 4.23. The summed E-state index contributed by atoms with van der Waals surface area (Å²) in [5.74, 6) is 4.13. The van der Waals surface area contributed by atoms with E-state index in [0.29, 0.717) is 38.9 Å². The molecule has 1 amide bonds. The Hall–Kier alpha value is -1.74. The van der Waals surface area contributed by atoms with Gasteiger partial charge in [-0.05, 0) is 37.5 Å². The van der Waals surface area contributed by atoms with Crippen molar-refractivity contribution in [1.29, 1.82) is 0 Å². The van der Waals surface area contributed by atoms with Gasteiger partial charge in [-0.3, -0.25) is 9.59 Å². The van der Waals surface area contributed by atoms with Crippen LogP contribution in [0.4, 0.5) is 5.69 Å². The Kier molecular flexibility index (Phi) is 7.34. The first-order chi connectivity index (χ1) is 15.5. The average molecular weight is 482 g/mol. The van der Waals surface area contributed by atoms with Crippen LogP contribution in [0.2, 0.25) is 0 Å². The molecule has 2 atom stereocenters. The molecule has 7 nitrogen and oxygen atoms in total. The second-order valence-corrected chi connectivity index (χ2v) is 11.5. The Morgan fingerprint density at radius 2 is 1.59 bits per heavy atom. The lowest BCUT2D eigenvalue weighted by Gasteiger charge is -2.51. The number of nitrogens with one attached hydrogen (secondary N) is 1. The van der Waals surface area contributed by atoms with Crippen LogP contribution in [0.25, 0.3) is 0 Å². The van der Waals surface area contributed by atoms with Gasteiger partial charge < -0.3 is 24.3 Å². The number of amides is 1. The van der Waals surface area contributed by atoms with Gasteiger partial charge in [0.25, 0.3) is 5.91 Å². The molecule has 1 aromatic carbocycles. The van der Waals surface area contributed by atoms with Gasteiger partial charge in [-0.25, -0.2) is 0 Å². The first-order valence-electron chi connectivity index (χ1n) is 11.0. The largest absolute Gasteiger partial charge is 0.493 e. The Bertz CT molecular complexity index is 816. The minimum absolute atomic E-state index is 0.105. The highest BCUT2D eigenvalue weighted by Gasteiger charge is 2.55. The van der Waals surface area contributed by atoms with Gasteiger partial charge in [0.15, 0.2) is 18.1 Å². The van der Waals surface area contributed by atoms with Crippen LogP contribution in [0, 0.1) is 17.8 Å². The molecular formula is C23H31NO6S2. The van der Waals surface area contributed by atoms with Gasteiger partial charge in [0.05, 0.1) is 31.3 Å². The van der Waals surface area contributed by atoms with E-state index in [1.807, 2.05) is 0 Å². The zero-order valence-electron chi connectivity index (χ0n) is 18.8. The molecule has 1 heterocycles. The Labute approximate surface area is 197 Å². The topological polar surface area (TPSA) is 83.1 Å². The minimum Gasteiger partial charge on any atom is -0.493 e. The third-order valence-electron chi connectivity index (χ3n) is 6.75. The lowest BCUT2D eigenvalue weighted by molar-refractivity contribution is -0.154. The number of anilines is 1. The molecule has 9 heteroatoms. The SMILES string of the molecule is COc1cc(NC(=O)COC(=O)C2CC3CCCC(C2)C32SCCS2)cc(OC)c1OC. The number of hydrogen-bond acceptors (Lipinski definition) is 8. The predicted octanol–water partition coefficient (Wildman–Crippen LogP) is 4.20. The molecular weight excluding hydrogens is 450 g/mol. The van der Waals surface area contributed by atoms with Crippen molar-refractivity contribution in [2.45, 2.75) is 36.2 Å². The van der Waals surface area contributed by atoms with Crippen LogP contribution in [-0.2, 0) is 14.3 Å². The molecule has 32 heavy (non-hydrogen) atoms. The summed E-state index contributed by atoms with van der Waals surface area (Å²) in [5, 5.41) is 2.74. The van der Waals surface area contributed by atoms with E-state index in [0.717, 1.165) is 12.8 Å². The van der Waals surface area contributed by atoms with Gasteiger partial charge in [0.2, 0.25) is 5.75 Å². The van der Waals surface area contributed by atoms with Gasteiger partial charge in [-0.2, -0.15) is 0 Å². The number of ether oxygens (including phenoxy) is 4. The number of carbonyl (C=O) groups is 2. The first-order valence-corrected chi connectivity index (χ1v) is 13.0. The molecule has 2 bridgehead atoms. The summed E-state index contributed by atoms with van der Waals surface area (Å²) in [6, 6.07) is 3.28. The van der Waals surface area contributed by atoms with Crippen molar-refractivity contribution in [3.8, 4) is 17.2 Å². The highest BCUT2D eigenvalue weighted by Crippen LogP contribution is 2.64. The van der Waals surface area contributed by atoms with Gasteiger partial charge in [-0.1, -0.05) is 6.42 Å². The van der Waals surface area contributed by atoms with E-state index in [-0.39, 0.29) is 18.5 Å². The van der Waals surface area contributed by atoms with E-state index in [1.54, 1.807) is 12.1 Å². The predicted molar refractivity (Wildman–Crippen MR) is 127 cm³/mol. The van der Waals surface area contributed by atoms with Crippen molar-refractivity contribution in [1.82, 2.24) is 0 Å². The summed E-state index contributed by atoms with van der Waals surface area (Å²) < 4.78 is 21.7. The summed E-state index contributed by atoms with van der Waals surface area (Å²) in [4.78, 5) is 25.2. The fourth-order valence-electron chi connectivity index (χ4n) is 5.41. The van der Waals surface area contributed by atoms with E-state index in [1.165, 1.54) is 52.1 Å². The van der Waals surface area contributed by atoms with E-state index >= 15 is 0 Å².